The van der Waals surface area contributed by atoms with Gasteiger partial charge in [0.1, 0.15) is 0 Å². The maximum absolute atomic E-state index is 13.2. The van der Waals surface area contributed by atoms with E-state index in [9.17, 15) is 8.42 Å². The molecule has 0 aliphatic carbocycles. The minimum atomic E-state index is -3.45. The Labute approximate surface area is 167 Å². The molecule has 0 atom stereocenters. The lowest BCUT2D eigenvalue weighted by atomic mass is 10.1. The molecule has 2 heterocycles. The number of sulfonamides is 1. The molecule has 1 aromatic carbocycles. The van der Waals surface area contributed by atoms with Crippen molar-refractivity contribution >= 4 is 21.6 Å². The van der Waals surface area contributed by atoms with Gasteiger partial charge in [0.05, 0.1) is 19.0 Å². The van der Waals surface area contributed by atoms with Crippen molar-refractivity contribution in [2.45, 2.75) is 31.1 Å². The van der Waals surface area contributed by atoms with Crippen LogP contribution in [0.25, 0.3) is 0 Å². The highest BCUT2D eigenvalue weighted by Gasteiger charge is 2.31. The van der Waals surface area contributed by atoms with E-state index in [1.165, 1.54) is 0 Å². The Hall–Kier alpha value is -0.700. The fourth-order valence-corrected chi connectivity index (χ4v) is 5.86. The molecule has 2 aliphatic heterocycles. The molecule has 0 amide bonds. The topological polar surface area (TPSA) is 59.1 Å². The van der Waals surface area contributed by atoms with Crippen molar-refractivity contribution in [3.8, 4) is 0 Å². The summed E-state index contributed by atoms with van der Waals surface area (Å²) in [5, 5.41) is 0.501. The second-order valence-corrected chi connectivity index (χ2v) is 9.44. The lowest BCUT2D eigenvalue weighted by Gasteiger charge is -2.34. The monoisotopic (exact) mass is 416 g/mol. The number of ether oxygens (including phenoxy) is 2. The Morgan fingerprint density at radius 2 is 1.74 bits per heavy atom. The zero-order valence-corrected chi connectivity index (χ0v) is 17.3. The quantitative estimate of drug-likeness (QED) is 0.651. The molecule has 0 unspecified atom stereocenters. The van der Waals surface area contributed by atoms with Crippen molar-refractivity contribution < 1.29 is 17.9 Å². The molecule has 8 heteroatoms. The molecule has 0 bridgehead atoms. The summed E-state index contributed by atoms with van der Waals surface area (Å²) in [5.41, 5.74) is 0.657. The minimum Gasteiger partial charge on any atom is -0.381 e. The number of halogens is 1. The van der Waals surface area contributed by atoms with Gasteiger partial charge in [-0.1, -0.05) is 29.8 Å². The third-order valence-electron chi connectivity index (χ3n) is 5.21. The second-order valence-electron chi connectivity index (χ2n) is 7.11. The Kier molecular flexibility index (Phi) is 7.93. The van der Waals surface area contributed by atoms with E-state index in [1.54, 1.807) is 16.4 Å². The lowest BCUT2D eigenvalue weighted by molar-refractivity contribution is 0.0344. The highest BCUT2D eigenvalue weighted by Crippen LogP contribution is 2.24. The van der Waals surface area contributed by atoms with Crippen molar-refractivity contribution in [3.05, 3.63) is 34.9 Å². The molecule has 27 heavy (non-hydrogen) atoms. The van der Waals surface area contributed by atoms with Gasteiger partial charge in [-0.15, -0.1) is 0 Å². The van der Waals surface area contributed by atoms with Crippen LogP contribution in [0.5, 0.6) is 0 Å². The smallest absolute Gasteiger partial charge is 0.218 e. The SMILES string of the molecule is O=S(=O)(Cc1ccccc1Cl)N(CCCN1CCOCC1)C1CCOCC1. The number of hydrogen-bond acceptors (Lipinski definition) is 5. The van der Waals surface area contributed by atoms with E-state index in [4.69, 9.17) is 21.1 Å². The Bertz CT molecular complexity index is 689. The first-order valence-corrected chi connectivity index (χ1v) is 11.7. The Morgan fingerprint density at radius 3 is 2.44 bits per heavy atom. The molecule has 6 nitrogen and oxygen atoms in total. The van der Waals surface area contributed by atoms with Crippen LogP contribution in [0.3, 0.4) is 0 Å². The summed E-state index contributed by atoms with van der Waals surface area (Å²) < 4.78 is 39.0. The van der Waals surface area contributed by atoms with Gasteiger partial charge in [-0.2, -0.15) is 4.31 Å². The highest BCUT2D eigenvalue weighted by molar-refractivity contribution is 7.88. The van der Waals surface area contributed by atoms with Crippen molar-refractivity contribution in [1.82, 2.24) is 9.21 Å². The van der Waals surface area contributed by atoms with Crippen LogP contribution in [0.1, 0.15) is 24.8 Å². The molecule has 2 fully saturated rings. The van der Waals surface area contributed by atoms with Gasteiger partial charge in [-0.25, -0.2) is 8.42 Å². The first-order valence-electron chi connectivity index (χ1n) is 9.67. The molecular weight excluding hydrogens is 388 g/mol. The number of hydrogen-bond donors (Lipinski definition) is 0. The predicted octanol–water partition coefficient (Wildman–Crippen LogP) is 2.37. The summed E-state index contributed by atoms with van der Waals surface area (Å²) in [7, 11) is -3.45. The zero-order valence-electron chi connectivity index (χ0n) is 15.7. The van der Waals surface area contributed by atoms with Gasteiger partial charge in [-0.05, 0) is 37.4 Å². The zero-order chi connectivity index (χ0) is 19.1. The lowest BCUT2D eigenvalue weighted by Crippen LogP contribution is -2.45. The van der Waals surface area contributed by atoms with E-state index in [0.717, 1.165) is 52.1 Å². The van der Waals surface area contributed by atoms with E-state index in [1.807, 2.05) is 12.1 Å². The maximum atomic E-state index is 13.2. The summed E-state index contributed by atoms with van der Waals surface area (Å²) in [6.07, 6.45) is 2.32. The maximum Gasteiger partial charge on any atom is 0.218 e. The second kappa shape index (κ2) is 10.2. The molecule has 1 aromatic rings. The van der Waals surface area contributed by atoms with Crippen LogP contribution in [0.15, 0.2) is 24.3 Å². The normalized spacial score (nSPS) is 20.2. The molecule has 0 radical (unpaired) electrons. The highest BCUT2D eigenvalue weighted by atomic mass is 35.5. The fourth-order valence-electron chi connectivity index (χ4n) is 3.69. The van der Waals surface area contributed by atoms with Crippen LogP contribution in [0, 0.1) is 0 Å². The van der Waals surface area contributed by atoms with Gasteiger partial charge < -0.3 is 9.47 Å². The summed E-state index contributed by atoms with van der Waals surface area (Å²) in [5.74, 6) is -0.0540. The standard InChI is InChI=1S/C19H29ClN2O4S/c20-19-5-2-1-4-17(19)16-27(23,24)22(18-6-12-25-13-7-18)9-3-8-21-10-14-26-15-11-21/h1-2,4-5,18H,3,6-16H2. The third kappa shape index (κ3) is 6.14. The van der Waals surface area contributed by atoms with E-state index < -0.39 is 10.0 Å². The number of morpholine rings is 1. The van der Waals surface area contributed by atoms with Crippen LogP contribution in [0.4, 0.5) is 0 Å². The van der Waals surface area contributed by atoms with Crippen LogP contribution < -0.4 is 0 Å². The summed E-state index contributed by atoms with van der Waals surface area (Å²) in [6, 6.07) is 7.18. The molecule has 0 N–H and O–H groups in total. The van der Waals surface area contributed by atoms with E-state index in [-0.39, 0.29) is 11.8 Å². The molecule has 2 aliphatic rings. The first-order chi connectivity index (χ1) is 13.1. The van der Waals surface area contributed by atoms with Gasteiger partial charge in [0.15, 0.2) is 0 Å². The molecule has 152 valence electrons. The van der Waals surface area contributed by atoms with Crippen LogP contribution >= 0.6 is 11.6 Å². The molecule has 0 saturated carbocycles. The Morgan fingerprint density at radius 1 is 1.07 bits per heavy atom. The summed E-state index contributed by atoms with van der Waals surface area (Å²) >= 11 is 6.21. The number of rotatable bonds is 8. The molecule has 2 saturated heterocycles. The average Bonchev–Trinajstić information content (AvgIpc) is 2.68. The van der Waals surface area contributed by atoms with Gasteiger partial charge in [0.2, 0.25) is 10.0 Å². The van der Waals surface area contributed by atoms with Crippen LogP contribution in [-0.2, 0) is 25.2 Å². The van der Waals surface area contributed by atoms with E-state index in [2.05, 4.69) is 4.90 Å². The van der Waals surface area contributed by atoms with Crippen molar-refractivity contribution in [2.24, 2.45) is 0 Å². The largest absolute Gasteiger partial charge is 0.381 e. The van der Waals surface area contributed by atoms with E-state index >= 15 is 0 Å². The molecular formula is C19H29ClN2O4S. The van der Waals surface area contributed by atoms with Crippen LogP contribution in [-0.4, -0.2) is 76.3 Å². The summed E-state index contributed by atoms with van der Waals surface area (Å²) in [6.45, 7) is 6.02. The fraction of sp³-hybridized carbons (Fsp3) is 0.684. The van der Waals surface area contributed by atoms with Crippen molar-refractivity contribution in [2.75, 3.05) is 52.6 Å². The van der Waals surface area contributed by atoms with Crippen molar-refractivity contribution in [3.63, 3.8) is 0 Å². The van der Waals surface area contributed by atoms with Crippen LogP contribution in [0.2, 0.25) is 5.02 Å². The number of nitrogens with zero attached hydrogens (tertiary/aromatic N) is 2. The average molecular weight is 417 g/mol. The molecule has 3 rings (SSSR count). The van der Waals surface area contributed by atoms with E-state index in [0.29, 0.717) is 30.3 Å². The predicted molar refractivity (Wildman–Crippen MR) is 106 cm³/mol. The molecule has 0 spiro atoms. The Balaban J connectivity index is 1.67. The third-order valence-corrected chi connectivity index (χ3v) is 7.45. The first kappa shape index (κ1) is 21.0. The summed E-state index contributed by atoms with van der Waals surface area (Å²) in [4.78, 5) is 2.34. The van der Waals surface area contributed by atoms with Gasteiger partial charge >= 0.3 is 0 Å². The van der Waals surface area contributed by atoms with Crippen molar-refractivity contribution in [1.29, 1.82) is 0 Å². The van der Waals surface area contributed by atoms with Gasteiger partial charge in [0.25, 0.3) is 0 Å². The van der Waals surface area contributed by atoms with Gasteiger partial charge in [0, 0.05) is 43.9 Å². The van der Waals surface area contributed by atoms with Gasteiger partial charge in [-0.3, -0.25) is 4.90 Å². The minimum absolute atomic E-state index is 0.0101. The molecule has 0 aromatic heterocycles. The number of benzene rings is 1.